The first-order valence-electron chi connectivity index (χ1n) is 7.89. The lowest BCUT2D eigenvalue weighted by Crippen LogP contribution is -2.21. The van der Waals surface area contributed by atoms with Crippen LogP contribution in [0.2, 0.25) is 0 Å². The van der Waals surface area contributed by atoms with E-state index in [1.54, 1.807) is 0 Å². The van der Waals surface area contributed by atoms with Gasteiger partial charge < -0.3 is 0 Å². The molecule has 128 valence electrons. The maximum atomic E-state index is 12.0. The Hall–Kier alpha value is -2.01. The minimum Gasteiger partial charge on any atom is -0.277 e. The van der Waals surface area contributed by atoms with Crippen LogP contribution in [0.4, 0.5) is 0 Å². The molecular weight excluding hydrogens is 320 g/mol. The fourth-order valence-corrected chi connectivity index (χ4v) is 3.85. The molecule has 0 aromatic heterocycles. The third-order valence-electron chi connectivity index (χ3n) is 4.02. The number of aryl methyl sites for hydroxylation is 1. The maximum absolute atomic E-state index is 12.0. The summed E-state index contributed by atoms with van der Waals surface area (Å²) in [4.78, 5) is 8.69. The molecule has 4 nitrogen and oxygen atoms in total. The summed E-state index contributed by atoms with van der Waals surface area (Å²) in [6, 6.07) is 8.37. The van der Waals surface area contributed by atoms with Gasteiger partial charge in [0.25, 0.3) is 0 Å². The Morgan fingerprint density at radius 1 is 1.17 bits per heavy atom. The van der Waals surface area contributed by atoms with E-state index in [1.807, 2.05) is 13.8 Å². The van der Waals surface area contributed by atoms with Crippen LogP contribution in [0.25, 0.3) is 0 Å². The molecule has 0 atom stereocenters. The summed E-state index contributed by atoms with van der Waals surface area (Å²) in [5, 5.41) is 0.117. The van der Waals surface area contributed by atoms with Gasteiger partial charge in [-0.25, -0.2) is 8.42 Å². The zero-order valence-electron chi connectivity index (χ0n) is 14.9. The molecule has 2 rings (SSSR count). The summed E-state index contributed by atoms with van der Waals surface area (Å²) in [6.07, 6.45) is 4.66. The normalized spacial score (nSPS) is 16.6. The van der Waals surface area contributed by atoms with Crippen molar-refractivity contribution in [2.75, 3.05) is 13.3 Å². The predicted octanol–water partition coefficient (Wildman–Crippen LogP) is 3.68. The second kappa shape index (κ2) is 7.26. The summed E-state index contributed by atoms with van der Waals surface area (Å²) in [7, 11) is -1.88. The molecule has 0 saturated heterocycles. The van der Waals surface area contributed by atoms with Crippen molar-refractivity contribution in [3.63, 3.8) is 0 Å². The van der Waals surface area contributed by atoms with Gasteiger partial charge in [-0.3, -0.25) is 9.98 Å². The van der Waals surface area contributed by atoms with Gasteiger partial charge in [0.15, 0.2) is 14.9 Å². The predicted molar refractivity (Wildman–Crippen MR) is 102 cm³/mol. The van der Waals surface area contributed by atoms with E-state index in [9.17, 15) is 8.42 Å². The highest BCUT2D eigenvalue weighted by Crippen LogP contribution is 2.23. The molecule has 0 spiro atoms. The molecule has 24 heavy (non-hydrogen) atoms. The first-order valence-corrected chi connectivity index (χ1v) is 9.78. The molecule has 1 aliphatic rings. The van der Waals surface area contributed by atoms with E-state index in [-0.39, 0.29) is 5.04 Å². The van der Waals surface area contributed by atoms with Gasteiger partial charge >= 0.3 is 0 Å². The number of sulfone groups is 1. The van der Waals surface area contributed by atoms with Crippen LogP contribution < -0.4 is 0 Å². The van der Waals surface area contributed by atoms with Gasteiger partial charge in [-0.05, 0) is 32.8 Å². The smallest absolute Gasteiger partial charge is 0.192 e. The molecule has 0 fully saturated rings. The third kappa shape index (κ3) is 4.29. The van der Waals surface area contributed by atoms with Crippen LogP contribution in [0.15, 0.2) is 57.2 Å². The number of hydrogen-bond acceptors (Lipinski definition) is 4. The van der Waals surface area contributed by atoms with Gasteiger partial charge in [0, 0.05) is 36.7 Å². The third-order valence-corrected chi connectivity index (χ3v) is 5.11. The van der Waals surface area contributed by atoms with E-state index < -0.39 is 9.84 Å². The Morgan fingerprint density at radius 2 is 1.79 bits per heavy atom. The minimum absolute atomic E-state index is 0.117. The quantitative estimate of drug-likeness (QED) is 0.620. The van der Waals surface area contributed by atoms with Crippen LogP contribution in [0.3, 0.4) is 0 Å². The fraction of sp³-hybridized carbons (Fsp3) is 0.368. The van der Waals surface area contributed by atoms with E-state index in [1.165, 1.54) is 24.4 Å². The van der Waals surface area contributed by atoms with Crippen molar-refractivity contribution in [3.8, 4) is 0 Å². The molecule has 1 aliphatic heterocycles. The number of hydrogen-bond donors (Lipinski definition) is 0. The Morgan fingerprint density at radius 3 is 2.33 bits per heavy atom. The van der Waals surface area contributed by atoms with E-state index in [2.05, 4.69) is 47.3 Å². The van der Waals surface area contributed by atoms with Gasteiger partial charge in [-0.2, -0.15) is 0 Å². The summed E-state index contributed by atoms with van der Waals surface area (Å²) >= 11 is 0. The summed E-state index contributed by atoms with van der Waals surface area (Å²) in [5.41, 5.74) is 5.70. The average molecular weight is 344 g/mol. The molecule has 0 radical (unpaired) electrons. The first kappa shape index (κ1) is 18.3. The summed E-state index contributed by atoms with van der Waals surface area (Å²) in [5.74, 6) is 0. The number of rotatable bonds is 3. The second-order valence-electron chi connectivity index (χ2n) is 6.22. The van der Waals surface area contributed by atoms with Crippen molar-refractivity contribution in [2.45, 2.75) is 33.6 Å². The first-order chi connectivity index (χ1) is 11.2. The summed E-state index contributed by atoms with van der Waals surface area (Å²) < 4.78 is 24.1. The van der Waals surface area contributed by atoms with Crippen LogP contribution in [0.1, 0.15) is 31.4 Å². The van der Waals surface area contributed by atoms with Gasteiger partial charge in [-0.15, -0.1) is 0 Å². The highest BCUT2D eigenvalue weighted by atomic mass is 32.2. The van der Waals surface area contributed by atoms with E-state index in [0.717, 1.165) is 17.7 Å². The minimum atomic E-state index is -3.39. The van der Waals surface area contributed by atoms with Gasteiger partial charge in [0.2, 0.25) is 0 Å². The van der Waals surface area contributed by atoms with Crippen LogP contribution in [0.5, 0.6) is 0 Å². The van der Waals surface area contributed by atoms with Crippen LogP contribution >= 0.6 is 0 Å². The van der Waals surface area contributed by atoms with Crippen molar-refractivity contribution in [1.29, 1.82) is 0 Å². The fourth-order valence-electron chi connectivity index (χ4n) is 2.83. The van der Waals surface area contributed by atoms with Crippen molar-refractivity contribution < 1.29 is 8.42 Å². The largest absolute Gasteiger partial charge is 0.277 e. The lowest BCUT2D eigenvalue weighted by molar-refractivity contribution is 0.612. The number of aliphatic imine (C=N–C) groups is 2. The lowest BCUT2D eigenvalue weighted by Gasteiger charge is -2.11. The molecule has 0 amide bonds. The molecule has 0 unspecified atom stereocenters. The van der Waals surface area contributed by atoms with Gasteiger partial charge in [0.1, 0.15) is 0 Å². The molecular formula is C19H24N2O2S. The molecule has 1 heterocycles. The lowest BCUT2D eigenvalue weighted by atomic mass is 10.0. The Labute approximate surface area is 144 Å². The molecule has 0 bridgehead atoms. The standard InChI is InChI=1S/C19H24N2O2S/c1-13-6-9-16(10-7-13)12-17-11-8-14(2)18(15(3)21-17)19(20-4)24(5,22)23/h6-7,9-11H,8,12H2,1-5H3. The average Bonchev–Trinajstić information content (AvgIpc) is 2.62. The van der Waals surface area contributed by atoms with Gasteiger partial charge in [-0.1, -0.05) is 41.5 Å². The maximum Gasteiger partial charge on any atom is 0.192 e. The number of nitrogens with zero attached hydrogens (tertiary/aromatic N) is 2. The van der Waals surface area contributed by atoms with Gasteiger partial charge in [0.05, 0.1) is 0 Å². The molecule has 0 aliphatic carbocycles. The zero-order valence-corrected chi connectivity index (χ0v) is 15.7. The SMILES string of the molecule is CN=C(C1=C(C)CC=C(Cc2ccc(C)cc2)N=C1C)S(C)(=O)=O. The summed E-state index contributed by atoms with van der Waals surface area (Å²) in [6.45, 7) is 5.85. The Kier molecular flexibility index (Phi) is 5.54. The highest BCUT2D eigenvalue weighted by Gasteiger charge is 2.23. The van der Waals surface area contributed by atoms with Crippen LogP contribution in [-0.4, -0.2) is 32.5 Å². The highest BCUT2D eigenvalue weighted by molar-refractivity contribution is 8.06. The number of allylic oxidation sites excluding steroid dienone is 3. The number of benzene rings is 1. The van der Waals surface area contributed by atoms with Crippen molar-refractivity contribution in [3.05, 3.63) is 58.3 Å². The van der Waals surface area contributed by atoms with Crippen LogP contribution in [0, 0.1) is 6.92 Å². The second-order valence-corrected chi connectivity index (χ2v) is 8.15. The topological polar surface area (TPSA) is 58.9 Å². The van der Waals surface area contributed by atoms with E-state index >= 15 is 0 Å². The molecule has 5 heteroatoms. The molecule has 1 aromatic carbocycles. The molecule has 0 N–H and O–H groups in total. The van der Waals surface area contributed by atoms with Crippen molar-refractivity contribution in [1.82, 2.24) is 0 Å². The van der Waals surface area contributed by atoms with Crippen LogP contribution in [-0.2, 0) is 16.3 Å². The molecule has 0 saturated carbocycles. The zero-order chi connectivity index (χ0) is 17.9. The van der Waals surface area contributed by atoms with Crippen molar-refractivity contribution in [2.24, 2.45) is 9.98 Å². The molecule has 1 aromatic rings. The Bertz CT molecular complexity index is 855. The Balaban J connectivity index is 2.36. The van der Waals surface area contributed by atoms with Crippen molar-refractivity contribution >= 4 is 20.6 Å². The van der Waals surface area contributed by atoms with E-state index in [4.69, 9.17) is 0 Å². The monoisotopic (exact) mass is 344 g/mol. The van der Waals surface area contributed by atoms with E-state index in [0.29, 0.717) is 17.7 Å².